The van der Waals surface area contributed by atoms with Crippen molar-refractivity contribution in [3.63, 3.8) is 0 Å². The summed E-state index contributed by atoms with van der Waals surface area (Å²) < 4.78 is 1.78. The predicted octanol–water partition coefficient (Wildman–Crippen LogP) is 3.10. The maximum atomic E-state index is 12.5. The third kappa shape index (κ3) is 4.28. The van der Waals surface area contributed by atoms with Crippen molar-refractivity contribution in [1.82, 2.24) is 15.1 Å². The molecule has 7 heteroatoms. The molecule has 0 bridgehead atoms. The first kappa shape index (κ1) is 17.7. The van der Waals surface area contributed by atoms with Crippen molar-refractivity contribution in [3.8, 4) is 11.3 Å². The van der Waals surface area contributed by atoms with Crippen molar-refractivity contribution >= 4 is 28.8 Å². The Labute approximate surface area is 155 Å². The fraction of sp³-hybridized carbons (Fsp3) is 0.222. The number of aryl methyl sites for hydroxylation is 1. The highest BCUT2D eigenvalue weighted by molar-refractivity contribution is 7.12. The van der Waals surface area contributed by atoms with E-state index < -0.39 is 0 Å². The lowest BCUT2D eigenvalue weighted by Crippen LogP contribution is -2.41. The topological polar surface area (TPSA) is 72.9 Å². The molecule has 0 saturated heterocycles. The minimum Gasteiger partial charge on any atom is -0.347 e. The smallest absolute Gasteiger partial charge is 0.261 e. The molecule has 130 valence electrons. The van der Waals surface area contributed by atoms with Crippen LogP contribution >= 0.6 is 22.9 Å². The highest BCUT2D eigenvalue weighted by Crippen LogP contribution is 2.25. The SMILES string of the molecule is Cn1nccc1-c1csc(C(=O)N[C@H](CN)Cc2ccc(Cl)cc2)c1. The molecule has 3 N–H and O–H groups in total. The van der Waals surface area contributed by atoms with Gasteiger partial charge in [0, 0.05) is 41.8 Å². The molecular formula is C18H19ClN4OS. The molecular weight excluding hydrogens is 356 g/mol. The number of aromatic nitrogens is 2. The van der Waals surface area contributed by atoms with Crippen LogP contribution in [0.15, 0.2) is 48.0 Å². The van der Waals surface area contributed by atoms with E-state index in [4.69, 9.17) is 17.3 Å². The number of carbonyl (C=O) groups is 1. The minimum atomic E-state index is -0.129. The maximum absolute atomic E-state index is 12.5. The van der Waals surface area contributed by atoms with Gasteiger partial charge in [-0.05, 0) is 36.2 Å². The second-order valence-corrected chi connectivity index (χ2v) is 7.12. The van der Waals surface area contributed by atoms with Gasteiger partial charge in [-0.3, -0.25) is 9.48 Å². The number of hydrogen-bond donors (Lipinski definition) is 2. The highest BCUT2D eigenvalue weighted by atomic mass is 35.5. The van der Waals surface area contributed by atoms with Crippen LogP contribution in [-0.4, -0.2) is 28.3 Å². The number of nitrogens with two attached hydrogens (primary N) is 1. The summed E-state index contributed by atoms with van der Waals surface area (Å²) in [5.74, 6) is -0.108. The maximum Gasteiger partial charge on any atom is 0.261 e. The molecule has 0 fully saturated rings. The molecule has 0 unspecified atom stereocenters. The summed E-state index contributed by atoms with van der Waals surface area (Å²) >= 11 is 7.32. The number of carbonyl (C=O) groups excluding carboxylic acids is 1. The molecule has 0 aliphatic heterocycles. The molecule has 0 aliphatic carbocycles. The summed E-state index contributed by atoms with van der Waals surface area (Å²) in [6.45, 7) is 0.369. The van der Waals surface area contributed by atoms with Crippen LogP contribution in [0.1, 0.15) is 15.2 Å². The first-order chi connectivity index (χ1) is 12.1. The van der Waals surface area contributed by atoms with E-state index in [2.05, 4.69) is 10.4 Å². The number of amides is 1. The van der Waals surface area contributed by atoms with E-state index in [-0.39, 0.29) is 11.9 Å². The van der Waals surface area contributed by atoms with E-state index in [0.29, 0.717) is 22.9 Å². The van der Waals surface area contributed by atoms with Gasteiger partial charge in [0.2, 0.25) is 0 Å². The van der Waals surface area contributed by atoms with Gasteiger partial charge in [-0.1, -0.05) is 23.7 Å². The first-order valence-electron chi connectivity index (χ1n) is 7.89. The van der Waals surface area contributed by atoms with Crippen LogP contribution in [0.4, 0.5) is 0 Å². The van der Waals surface area contributed by atoms with Gasteiger partial charge in [-0.2, -0.15) is 5.10 Å². The van der Waals surface area contributed by atoms with E-state index in [1.54, 1.807) is 10.9 Å². The zero-order chi connectivity index (χ0) is 17.8. The molecule has 2 aromatic heterocycles. The lowest BCUT2D eigenvalue weighted by Gasteiger charge is -2.16. The number of benzene rings is 1. The van der Waals surface area contributed by atoms with Gasteiger partial charge in [0.25, 0.3) is 5.91 Å². The van der Waals surface area contributed by atoms with Crippen molar-refractivity contribution in [2.75, 3.05) is 6.54 Å². The summed E-state index contributed by atoms with van der Waals surface area (Å²) in [6.07, 6.45) is 2.41. The van der Waals surface area contributed by atoms with Crippen molar-refractivity contribution in [1.29, 1.82) is 0 Å². The summed E-state index contributed by atoms with van der Waals surface area (Å²) in [6, 6.07) is 11.2. The predicted molar refractivity (Wildman–Crippen MR) is 102 cm³/mol. The molecule has 1 aromatic carbocycles. The Hall–Kier alpha value is -2.15. The van der Waals surface area contributed by atoms with E-state index >= 15 is 0 Å². The standard InChI is InChI=1S/C18H19ClN4OS/c1-23-16(6-7-21-23)13-9-17(25-11-13)18(24)22-15(10-20)8-12-2-4-14(19)5-3-12/h2-7,9,11,15H,8,10,20H2,1H3,(H,22,24)/t15-/m0/s1. The molecule has 3 aromatic rings. The van der Waals surface area contributed by atoms with Gasteiger partial charge in [-0.15, -0.1) is 11.3 Å². The van der Waals surface area contributed by atoms with E-state index in [9.17, 15) is 4.79 Å². The zero-order valence-corrected chi connectivity index (χ0v) is 15.3. The third-order valence-electron chi connectivity index (χ3n) is 3.96. The van der Waals surface area contributed by atoms with Gasteiger partial charge >= 0.3 is 0 Å². The molecule has 0 saturated carbocycles. The van der Waals surface area contributed by atoms with Crippen molar-refractivity contribution in [2.45, 2.75) is 12.5 Å². The van der Waals surface area contributed by atoms with Crippen molar-refractivity contribution in [3.05, 3.63) is 63.4 Å². The fourth-order valence-corrected chi connectivity index (χ4v) is 3.53. The Morgan fingerprint density at radius 1 is 1.36 bits per heavy atom. The molecule has 2 heterocycles. The normalized spacial score (nSPS) is 12.1. The van der Waals surface area contributed by atoms with Gasteiger partial charge in [0.15, 0.2) is 0 Å². The highest BCUT2D eigenvalue weighted by Gasteiger charge is 2.16. The first-order valence-corrected chi connectivity index (χ1v) is 9.15. The number of nitrogens with zero attached hydrogens (tertiary/aromatic N) is 2. The Bertz CT molecular complexity index is 856. The number of hydrogen-bond acceptors (Lipinski definition) is 4. The lowest BCUT2D eigenvalue weighted by molar-refractivity contribution is 0.0942. The molecule has 0 spiro atoms. The summed E-state index contributed by atoms with van der Waals surface area (Å²) in [4.78, 5) is 13.2. The second-order valence-electron chi connectivity index (χ2n) is 5.78. The largest absolute Gasteiger partial charge is 0.347 e. The van der Waals surface area contributed by atoms with Crippen LogP contribution in [0.25, 0.3) is 11.3 Å². The molecule has 0 radical (unpaired) electrons. The van der Waals surface area contributed by atoms with Crippen LogP contribution in [0.3, 0.4) is 0 Å². The van der Waals surface area contributed by atoms with Gasteiger partial charge < -0.3 is 11.1 Å². The van der Waals surface area contributed by atoms with Crippen molar-refractivity contribution in [2.24, 2.45) is 12.8 Å². The average Bonchev–Trinajstić information content (AvgIpc) is 3.24. The summed E-state index contributed by atoms with van der Waals surface area (Å²) in [5, 5.41) is 9.82. The Morgan fingerprint density at radius 3 is 2.76 bits per heavy atom. The fourth-order valence-electron chi connectivity index (χ4n) is 2.60. The Kier molecular flexibility index (Phi) is 5.53. The van der Waals surface area contributed by atoms with Crippen LogP contribution in [0, 0.1) is 0 Å². The van der Waals surface area contributed by atoms with Crippen LogP contribution in [0.2, 0.25) is 5.02 Å². The summed E-state index contributed by atoms with van der Waals surface area (Å²) in [5.41, 5.74) is 8.88. The lowest BCUT2D eigenvalue weighted by atomic mass is 10.1. The minimum absolute atomic E-state index is 0.108. The molecule has 3 rings (SSSR count). The van der Waals surface area contributed by atoms with Crippen LogP contribution < -0.4 is 11.1 Å². The number of thiophene rings is 1. The quantitative estimate of drug-likeness (QED) is 0.696. The summed E-state index contributed by atoms with van der Waals surface area (Å²) in [7, 11) is 1.88. The third-order valence-corrected chi connectivity index (χ3v) is 5.14. The molecule has 1 amide bonds. The van der Waals surface area contributed by atoms with Crippen LogP contribution in [-0.2, 0) is 13.5 Å². The van der Waals surface area contributed by atoms with E-state index in [1.807, 2.05) is 48.8 Å². The van der Waals surface area contributed by atoms with Crippen molar-refractivity contribution < 1.29 is 4.79 Å². The second kappa shape index (κ2) is 7.82. The van der Waals surface area contributed by atoms with Crippen LogP contribution in [0.5, 0.6) is 0 Å². The number of rotatable bonds is 6. The average molecular weight is 375 g/mol. The van der Waals surface area contributed by atoms with E-state index in [0.717, 1.165) is 16.8 Å². The monoisotopic (exact) mass is 374 g/mol. The molecule has 5 nitrogen and oxygen atoms in total. The Balaban J connectivity index is 1.67. The molecule has 25 heavy (non-hydrogen) atoms. The number of nitrogens with one attached hydrogen (secondary N) is 1. The van der Waals surface area contributed by atoms with Gasteiger partial charge in [-0.25, -0.2) is 0 Å². The molecule has 1 atom stereocenters. The Morgan fingerprint density at radius 2 is 2.12 bits per heavy atom. The zero-order valence-electron chi connectivity index (χ0n) is 13.8. The number of halogens is 1. The van der Waals surface area contributed by atoms with Gasteiger partial charge in [0.05, 0.1) is 10.6 Å². The van der Waals surface area contributed by atoms with Gasteiger partial charge in [0.1, 0.15) is 0 Å². The van der Waals surface area contributed by atoms with E-state index in [1.165, 1.54) is 11.3 Å². The molecule has 0 aliphatic rings.